The molecule has 1 heterocycles. The minimum atomic E-state index is 0.438. The fourth-order valence-corrected chi connectivity index (χ4v) is 5.50. The van der Waals surface area contributed by atoms with Crippen LogP contribution in [0.2, 0.25) is 0 Å². The number of fused-ring (bicyclic) bond motifs is 2. The fraction of sp³-hybridized carbons (Fsp3) is 0.692. The molecule has 3 heteroatoms. The molecule has 2 fully saturated rings. The van der Waals surface area contributed by atoms with Crippen LogP contribution in [0.4, 0.5) is 0 Å². The van der Waals surface area contributed by atoms with Crippen LogP contribution in [-0.2, 0) is 6.42 Å². The molecule has 0 aromatic carbocycles. The molecule has 0 aliphatic heterocycles. The summed E-state index contributed by atoms with van der Waals surface area (Å²) in [6, 6.07) is 2.27. The summed E-state index contributed by atoms with van der Waals surface area (Å²) in [7, 11) is 0. The Morgan fingerprint density at radius 3 is 2.88 bits per heavy atom. The first-order chi connectivity index (χ1) is 7.72. The lowest BCUT2D eigenvalue weighted by Gasteiger charge is -2.36. The monoisotopic (exact) mass is 299 g/mol. The van der Waals surface area contributed by atoms with Crippen LogP contribution in [0.3, 0.4) is 0 Å². The van der Waals surface area contributed by atoms with E-state index < -0.39 is 0 Å². The van der Waals surface area contributed by atoms with E-state index in [1.165, 1.54) is 41.5 Å². The smallest absolute Gasteiger partial charge is 0.0285 e. The Labute approximate surface area is 110 Å². The maximum absolute atomic E-state index is 6.10. The van der Waals surface area contributed by atoms with Crippen LogP contribution < -0.4 is 5.73 Å². The molecule has 3 atom stereocenters. The molecule has 0 radical (unpaired) electrons. The zero-order valence-corrected chi connectivity index (χ0v) is 11.8. The molecule has 2 bridgehead atoms. The van der Waals surface area contributed by atoms with Gasteiger partial charge in [-0.1, -0.05) is 6.42 Å². The summed E-state index contributed by atoms with van der Waals surface area (Å²) in [4.78, 5) is 1.50. The third-order valence-corrected chi connectivity index (χ3v) is 6.35. The lowest BCUT2D eigenvalue weighted by atomic mass is 9.70. The SMILES string of the molecule is NCC1(Cc2cc(Br)cs2)CC2CCC1C2. The summed E-state index contributed by atoms with van der Waals surface area (Å²) in [5.74, 6) is 1.89. The van der Waals surface area contributed by atoms with Crippen molar-refractivity contribution in [3.05, 3.63) is 20.8 Å². The zero-order chi connectivity index (χ0) is 11.2. The molecule has 3 unspecified atom stereocenters. The maximum atomic E-state index is 6.10. The Kier molecular flexibility index (Phi) is 2.89. The number of nitrogens with two attached hydrogens (primary N) is 1. The van der Waals surface area contributed by atoms with Gasteiger partial charge in [-0.05, 0) is 71.5 Å². The number of thiophene rings is 1. The van der Waals surface area contributed by atoms with E-state index in [-0.39, 0.29) is 0 Å². The highest BCUT2D eigenvalue weighted by atomic mass is 79.9. The highest BCUT2D eigenvalue weighted by molar-refractivity contribution is 9.10. The van der Waals surface area contributed by atoms with Crippen molar-refractivity contribution in [2.75, 3.05) is 6.54 Å². The average Bonchev–Trinajstić information content (AvgIpc) is 2.94. The van der Waals surface area contributed by atoms with Gasteiger partial charge in [0, 0.05) is 14.7 Å². The molecule has 1 aromatic rings. The van der Waals surface area contributed by atoms with Crippen molar-refractivity contribution in [3.8, 4) is 0 Å². The largest absolute Gasteiger partial charge is 0.330 e. The highest BCUT2D eigenvalue weighted by Gasteiger charge is 2.49. The summed E-state index contributed by atoms with van der Waals surface area (Å²) < 4.78 is 1.22. The summed E-state index contributed by atoms with van der Waals surface area (Å²) in [6.45, 7) is 0.879. The van der Waals surface area contributed by atoms with E-state index in [1.807, 2.05) is 11.3 Å². The van der Waals surface area contributed by atoms with Crippen LogP contribution in [0.5, 0.6) is 0 Å². The molecule has 2 saturated carbocycles. The predicted octanol–water partition coefficient (Wildman–Crippen LogP) is 3.82. The molecule has 0 amide bonds. The van der Waals surface area contributed by atoms with Crippen molar-refractivity contribution in [2.45, 2.75) is 32.1 Å². The Hall–Kier alpha value is 0.140. The van der Waals surface area contributed by atoms with E-state index in [4.69, 9.17) is 5.73 Å². The maximum Gasteiger partial charge on any atom is 0.0285 e. The molecule has 0 spiro atoms. The van der Waals surface area contributed by atoms with Gasteiger partial charge in [0.1, 0.15) is 0 Å². The Balaban J connectivity index is 1.81. The first-order valence-corrected chi connectivity index (χ1v) is 7.82. The van der Waals surface area contributed by atoms with Crippen LogP contribution in [0, 0.1) is 17.3 Å². The van der Waals surface area contributed by atoms with Gasteiger partial charge in [-0.2, -0.15) is 0 Å². The van der Waals surface area contributed by atoms with Crippen LogP contribution in [0.25, 0.3) is 0 Å². The molecule has 1 nitrogen and oxygen atoms in total. The van der Waals surface area contributed by atoms with Gasteiger partial charge in [-0.15, -0.1) is 11.3 Å². The van der Waals surface area contributed by atoms with E-state index >= 15 is 0 Å². The third-order valence-electron chi connectivity index (χ3n) is 4.66. The van der Waals surface area contributed by atoms with E-state index in [2.05, 4.69) is 27.4 Å². The first kappa shape index (κ1) is 11.2. The van der Waals surface area contributed by atoms with Crippen molar-refractivity contribution in [1.82, 2.24) is 0 Å². The molecule has 88 valence electrons. The van der Waals surface area contributed by atoms with Crippen LogP contribution in [0.1, 0.15) is 30.6 Å². The molecule has 2 aliphatic rings. The van der Waals surface area contributed by atoms with Gasteiger partial charge in [0.05, 0.1) is 0 Å². The van der Waals surface area contributed by atoms with Gasteiger partial charge >= 0.3 is 0 Å². The second-order valence-corrected chi connectivity index (χ2v) is 7.47. The Bertz CT molecular complexity index is 389. The lowest BCUT2D eigenvalue weighted by molar-refractivity contribution is 0.173. The molecule has 0 saturated heterocycles. The minimum Gasteiger partial charge on any atom is -0.330 e. The second-order valence-electron chi connectivity index (χ2n) is 5.55. The van der Waals surface area contributed by atoms with Crippen LogP contribution in [-0.4, -0.2) is 6.54 Å². The standard InChI is InChI=1S/C13H18BrNS/c14-11-4-12(16-7-11)6-13(8-15)5-9-1-2-10(13)3-9/h4,7,9-10H,1-3,5-6,8,15H2. The highest BCUT2D eigenvalue weighted by Crippen LogP contribution is 2.57. The van der Waals surface area contributed by atoms with Crippen molar-refractivity contribution in [2.24, 2.45) is 23.0 Å². The number of halogens is 1. The molecule has 1 aromatic heterocycles. The summed E-state index contributed by atoms with van der Waals surface area (Å²) >= 11 is 5.42. The van der Waals surface area contributed by atoms with Crippen LogP contribution >= 0.6 is 27.3 Å². The van der Waals surface area contributed by atoms with E-state index in [9.17, 15) is 0 Å². The Morgan fingerprint density at radius 2 is 2.38 bits per heavy atom. The number of hydrogen-bond donors (Lipinski definition) is 1. The Morgan fingerprint density at radius 1 is 1.50 bits per heavy atom. The van der Waals surface area contributed by atoms with Crippen molar-refractivity contribution >= 4 is 27.3 Å². The van der Waals surface area contributed by atoms with Gasteiger partial charge in [-0.3, -0.25) is 0 Å². The van der Waals surface area contributed by atoms with Gasteiger partial charge in [0.25, 0.3) is 0 Å². The summed E-state index contributed by atoms with van der Waals surface area (Å²) in [6.07, 6.45) is 6.92. The average molecular weight is 300 g/mol. The fourth-order valence-electron chi connectivity index (χ4n) is 3.89. The molecule has 3 rings (SSSR count). The van der Waals surface area contributed by atoms with Crippen LogP contribution in [0.15, 0.2) is 15.9 Å². The predicted molar refractivity (Wildman–Crippen MR) is 72.7 cm³/mol. The van der Waals surface area contributed by atoms with E-state index in [1.54, 1.807) is 0 Å². The first-order valence-electron chi connectivity index (χ1n) is 6.15. The number of rotatable bonds is 3. The van der Waals surface area contributed by atoms with Crippen molar-refractivity contribution in [3.63, 3.8) is 0 Å². The molecule has 16 heavy (non-hydrogen) atoms. The van der Waals surface area contributed by atoms with Gasteiger partial charge < -0.3 is 5.73 Å². The lowest BCUT2D eigenvalue weighted by Crippen LogP contribution is -2.37. The van der Waals surface area contributed by atoms with Crippen molar-refractivity contribution in [1.29, 1.82) is 0 Å². The van der Waals surface area contributed by atoms with Crippen molar-refractivity contribution < 1.29 is 0 Å². The normalized spacial score (nSPS) is 37.1. The van der Waals surface area contributed by atoms with E-state index in [0.29, 0.717) is 5.41 Å². The molecule has 2 aliphatic carbocycles. The zero-order valence-electron chi connectivity index (χ0n) is 9.42. The molecule has 2 N–H and O–H groups in total. The summed E-state index contributed by atoms with van der Waals surface area (Å²) in [5.41, 5.74) is 6.54. The second kappa shape index (κ2) is 4.11. The molecular formula is C13H18BrNS. The van der Waals surface area contributed by atoms with E-state index in [0.717, 1.165) is 18.4 Å². The van der Waals surface area contributed by atoms with Gasteiger partial charge in [0.2, 0.25) is 0 Å². The summed E-state index contributed by atoms with van der Waals surface area (Å²) in [5, 5.41) is 2.19. The molecular weight excluding hydrogens is 282 g/mol. The minimum absolute atomic E-state index is 0.438. The van der Waals surface area contributed by atoms with Gasteiger partial charge in [0.15, 0.2) is 0 Å². The number of hydrogen-bond acceptors (Lipinski definition) is 2. The topological polar surface area (TPSA) is 26.0 Å². The van der Waals surface area contributed by atoms with Gasteiger partial charge in [-0.25, -0.2) is 0 Å². The third kappa shape index (κ3) is 1.77. The quantitative estimate of drug-likeness (QED) is 0.902.